The van der Waals surface area contributed by atoms with E-state index in [1.807, 2.05) is 0 Å². The lowest BCUT2D eigenvalue weighted by molar-refractivity contribution is -0.132. The van der Waals surface area contributed by atoms with Crippen LogP contribution in [-0.4, -0.2) is 42.2 Å². The molecule has 1 atom stereocenters. The Hall–Kier alpha value is -1.69. The topological polar surface area (TPSA) is 49.8 Å². The number of rotatable bonds is 5. The molecule has 0 aromatic heterocycles. The molecule has 1 heterocycles. The van der Waals surface area contributed by atoms with Crippen LogP contribution in [0.1, 0.15) is 18.4 Å². The van der Waals surface area contributed by atoms with Gasteiger partial charge in [-0.3, -0.25) is 4.79 Å². The van der Waals surface area contributed by atoms with E-state index in [-0.39, 0.29) is 30.6 Å². The van der Waals surface area contributed by atoms with Crippen LogP contribution in [0.4, 0.5) is 8.78 Å². The Bertz CT molecular complexity index is 464. The normalized spacial score (nSPS) is 18.9. The van der Waals surface area contributed by atoms with Crippen LogP contribution in [0, 0.1) is 5.92 Å². The number of alkyl halides is 2. The highest BCUT2D eigenvalue weighted by Gasteiger charge is 2.23. The molecule has 1 unspecified atom stereocenters. The number of halogens is 2. The molecule has 1 fully saturated rings. The van der Waals surface area contributed by atoms with Crippen molar-refractivity contribution in [3.8, 4) is 5.75 Å². The number of nitrogens with zero attached hydrogens (tertiary/aromatic N) is 1. The predicted octanol–water partition coefficient (Wildman–Crippen LogP) is 2.06. The Morgan fingerprint density at radius 2 is 2.10 bits per heavy atom. The molecule has 1 amide bonds. The number of hydrogen-bond donors (Lipinski definition) is 1. The van der Waals surface area contributed by atoms with Crippen LogP contribution in [0.2, 0.25) is 0 Å². The molecule has 1 N–H and O–H groups in total. The largest absolute Gasteiger partial charge is 0.435 e. The zero-order valence-corrected chi connectivity index (χ0v) is 11.7. The van der Waals surface area contributed by atoms with Crippen LogP contribution in [-0.2, 0) is 11.2 Å². The van der Waals surface area contributed by atoms with Crippen molar-refractivity contribution in [3.63, 3.8) is 0 Å². The van der Waals surface area contributed by atoms with Gasteiger partial charge in [0.15, 0.2) is 0 Å². The smallest absolute Gasteiger partial charge is 0.387 e. The van der Waals surface area contributed by atoms with Crippen molar-refractivity contribution in [2.45, 2.75) is 25.9 Å². The number of amides is 1. The van der Waals surface area contributed by atoms with Crippen LogP contribution in [0.15, 0.2) is 24.3 Å². The maximum atomic E-state index is 12.2. The number of likely N-dealkylation sites (tertiary alicyclic amines) is 1. The Morgan fingerprint density at radius 1 is 1.38 bits per heavy atom. The highest BCUT2D eigenvalue weighted by Crippen LogP contribution is 2.18. The first-order chi connectivity index (χ1) is 10.1. The number of hydrogen-bond acceptors (Lipinski definition) is 3. The minimum atomic E-state index is -2.85. The monoisotopic (exact) mass is 299 g/mol. The van der Waals surface area contributed by atoms with Gasteiger partial charge in [-0.25, -0.2) is 0 Å². The van der Waals surface area contributed by atoms with E-state index in [2.05, 4.69) is 4.74 Å². The van der Waals surface area contributed by atoms with Gasteiger partial charge in [-0.05, 0) is 36.5 Å². The summed E-state index contributed by atoms with van der Waals surface area (Å²) >= 11 is 0. The summed E-state index contributed by atoms with van der Waals surface area (Å²) in [6.45, 7) is -1.45. The van der Waals surface area contributed by atoms with Crippen LogP contribution in [0.5, 0.6) is 5.75 Å². The fourth-order valence-electron chi connectivity index (χ4n) is 2.52. The van der Waals surface area contributed by atoms with Crippen molar-refractivity contribution in [1.29, 1.82) is 0 Å². The lowest BCUT2D eigenvalue weighted by Gasteiger charge is -2.32. The summed E-state index contributed by atoms with van der Waals surface area (Å²) in [7, 11) is 0. The number of piperidine rings is 1. The van der Waals surface area contributed by atoms with Crippen LogP contribution in [0.25, 0.3) is 0 Å². The molecule has 0 radical (unpaired) electrons. The molecule has 1 aromatic rings. The second-order valence-electron chi connectivity index (χ2n) is 5.23. The molecular weight excluding hydrogens is 280 g/mol. The number of ether oxygens (including phenoxy) is 1. The average Bonchev–Trinajstić information content (AvgIpc) is 2.49. The summed E-state index contributed by atoms with van der Waals surface area (Å²) < 4.78 is 28.3. The fraction of sp³-hybridized carbons (Fsp3) is 0.533. The summed E-state index contributed by atoms with van der Waals surface area (Å²) in [4.78, 5) is 13.9. The minimum absolute atomic E-state index is 0.00400. The SMILES string of the molecule is O=C(Cc1ccc(OC(F)F)cc1)N1CCCC(CO)C1. The third-order valence-electron chi connectivity index (χ3n) is 3.63. The van der Waals surface area contributed by atoms with Gasteiger partial charge in [0.05, 0.1) is 6.42 Å². The number of aliphatic hydroxyl groups is 1. The van der Waals surface area contributed by atoms with E-state index in [1.165, 1.54) is 12.1 Å². The van der Waals surface area contributed by atoms with Crippen molar-refractivity contribution >= 4 is 5.91 Å². The van der Waals surface area contributed by atoms with Crippen molar-refractivity contribution < 1.29 is 23.4 Å². The molecule has 2 rings (SSSR count). The molecular formula is C15H19F2NO3. The molecule has 0 bridgehead atoms. The molecule has 1 aromatic carbocycles. The standard InChI is InChI=1S/C15H19F2NO3/c16-15(17)21-13-5-3-11(4-6-13)8-14(20)18-7-1-2-12(9-18)10-19/h3-6,12,15,19H,1-2,7-10H2. The fourth-order valence-corrected chi connectivity index (χ4v) is 2.52. The van der Waals surface area contributed by atoms with Gasteiger partial charge < -0.3 is 14.7 Å². The van der Waals surface area contributed by atoms with Crippen molar-refractivity contribution in [1.82, 2.24) is 4.90 Å². The summed E-state index contributed by atoms with van der Waals surface area (Å²) in [5.74, 6) is 0.236. The summed E-state index contributed by atoms with van der Waals surface area (Å²) in [5, 5.41) is 9.17. The second kappa shape index (κ2) is 7.36. The van der Waals surface area contributed by atoms with Gasteiger partial charge in [-0.2, -0.15) is 8.78 Å². The Balaban J connectivity index is 1.90. The van der Waals surface area contributed by atoms with Crippen LogP contribution in [0.3, 0.4) is 0 Å². The third-order valence-corrected chi connectivity index (χ3v) is 3.63. The molecule has 0 aliphatic carbocycles. The van der Waals surface area contributed by atoms with Crippen molar-refractivity contribution in [2.75, 3.05) is 19.7 Å². The number of carbonyl (C=O) groups excluding carboxylic acids is 1. The van der Waals surface area contributed by atoms with Crippen molar-refractivity contribution in [3.05, 3.63) is 29.8 Å². The molecule has 1 aliphatic rings. The molecule has 116 valence electrons. The third kappa shape index (κ3) is 4.67. The second-order valence-corrected chi connectivity index (χ2v) is 5.23. The highest BCUT2D eigenvalue weighted by atomic mass is 19.3. The molecule has 6 heteroatoms. The van der Waals surface area contributed by atoms with E-state index >= 15 is 0 Å². The highest BCUT2D eigenvalue weighted by molar-refractivity contribution is 5.78. The van der Waals surface area contributed by atoms with Gasteiger partial charge in [0, 0.05) is 19.7 Å². The van der Waals surface area contributed by atoms with Gasteiger partial charge in [0.25, 0.3) is 0 Å². The Labute approximate surface area is 122 Å². The molecule has 0 spiro atoms. The van der Waals surface area contributed by atoms with Crippen LogP contribution >= 0.6 is 0 Å². The molecule has 4 nitrogen and oxygen atoms in total. The van der Waals surface area contributed by atoms with E-state index in [0.717, 1.165) is 18.4 Å². The summed E-state index contributed by atoms with van der Waals surface area (Å²) in [6.07, 6.45) is 2.07. The first kappa shape index (κ1) is 15.7. The molecule has 0 saturated carbocycles. The molecule has 1 saturated heterocycles. The Morgan fingerprint density at radius 3 is 2.71 bits per heavy atom. The zero-order valence-electron chi connectivity index (χ0n) is 11.7. The van der Waals surface area contributed by atoms with E-state index < -0.39 is 6.61 Å². The van der Waals surface area contributed by atoms with Gasteiger partial charge >= 0.3 is 6.61 Å². The number of aliphatic hydroxyl groups excluding tert-OH is 1. The Kier molecular flexibility index (Phi) is 5.50. The maximum absolute atomic E-state index is 12.2. The average molecular weight is 299 g/mol. The van der Waals surface area contributed by atoms with Crippen molar-refractivity contribution in [2.24, 2.45) is 5.92 Å². The van der Waals surface area contributed by atoms with Crippen LogP contribution < -0.4 is 4.74 Å². The lowest BCUT2D eigenvalue weighted by atomic mass is 9.98. The van der Waals surface area contributed by atoms with E-state index in [9.17, 15) is 13.6 Å². The first-order valence-electron chi connectivity index (χ1n) is 7.01. The summed E-state index contributed by atoms with van der Waals surface area (Å²) in [6, 6.07) is 6.09. The van der Waals surface area contributed by atoms with Gasteiger partial charge in [-0.15, -0.1) is 0 Å². The van der Waals surface area contributed by atoms with E-state index in [0.29, 0.717) is 13.1 Å². The van der Waals surface area contributed by atoms with Gasteiger partial charge in [0.1, 0.15) is 5.75 Å². The first-order valence-corrected chi connectivity index (χ1v) is 7.01. The van der Waals surface area contributed by atoms with Gasteiger partial charge in [0.2, 0.25) is 5.91 Å². The lowest BCUT2D eigenvalue weighted by Crippen LogP contribution is -2.41. The van der Waals surface area contributed by atoms with E-state index in [4.69, 9.17) is 5.11 Å². The number of carbonyl (C=O) groups is 1. The molecule has 21 heavy (non-hydrogen) atoms. The maximum Gasteiger partial charge on any atom is 0.387 e. The molecule has 1 aliphatic heterocycles. The number of benzene rings is 1. The van der Waals surface area contributed by atoms with E-state index in [1.54, 1.807) is 17.0 Å². The predicted molar refractivity (Wildman–Crippen MR) is 73.2 cm³/mol. The minimum Gasteiger partial charge on any atom is -0.435 e. The quantitative estimate of drug-likeness (QED) is 0.905. The zero-order chi connectivity index (χ0) is 15.2. The summed E-state index contributed by atoms with van der Waals surface area (Å²) in [5.41, 5.74) is 0.757. The van der Waals surface area contributed by atoms with Gasteiger partial charge in [-0.1, -0.05) is 12.1 Å².